The molecule has 1 unspecified atom stereocenters. The van der Waals surface area contributed by atoms with Gasteiger partial charge in [0.15, 0.2) is 0 Å². The van der Waals surface area contributed by atoms with Crippen LogP contribution in [0.25, 0.3) is 11.1 Å². The molecule has 13 heteroatoms. The summed E-state index contributed by atoms with van der Waals surface area (Å²) in [6.45, 7) is 0.865. The topological polar surface area (TPSA) is 142 Å². The molecule has 3 aromatic carbocycles. The van der Waals surface area contributed by atoms with E-state index < -0.39 is 30.1 Å². The van der Waals surface area contributed by atoms with Gasteiger partial charge in [-0.05, 0) is 53.6 Å². The molecular formula is C31H27F4N3O6. The quantitative estimate of drug-likeness (QED) is 0.176. The molecule has 0 bridgehead atoms. The lowest BCUT2D eigenvalue weighted by atomic mass is 9.98. The number of carboxylic acid groups (broad SMARTS) is 2. The van der Waals surface area contributed by atoms with Gasteiger partial charge in [0.25, 0.3) is 5.91 Å². The summed E-state index contributed by atoms with van der Waals surface area (Å²) in [6, 6.07) is 24.3. The van der Waals surface area contributed by atoms with Crippen LogP contribution in [0.3, 0.4) is 0 Å². The molecule has 4 N–H and O–H groups in total. The summed E-state index contributed by atoms with van der Waals surface area (Å²) < 4.78 is 53.3. The van der Waals surface area contributed by atoms with E-state index in [-0.39, 0.29) is 12.2 Å². The molecule has 44 heavy (non-hydrogen) atoms. The largest absolute Gasteiger partial charge is 0.492 e. The van der Waals surface area contributed by atoms with Crippen molar-refractivity contribution in [1.29, 1.82) is 5.41 Å². The number of rotatable bonds is 10. The van der Waals surface area contributed by atoms with Gasteiger partial charge in [-0.15, -0.1) is 0 Å². The van der Waals surface area contributed by atoms with E-state index in [0.29, 0.717) is 46.6 Å². The first-order valence-electron chi connectivity index (χ1n) is 13.0. The van der Waals surface area contributed by atoms with Crippen molar-refractivity contribution >= 4 is 17.8 Å². The van der Waals surface area contributed by atoms with Gasteiger partial charge in [0.05, 0.1) is 19.0 Å². The van der Waals surface area contributed by atoms with Crippen LogP contribution in [-0.2, 0) is 16.1 Å². The number of carbonyl (C=O) groups is 3. The van der Waals surface area contributed by atoms with E-state index in [1.807, 2.05) is 6.07 Å². The lowest BCUT2D eigenvalue weighted by molar-refractivity contribution is -0.192. The Balaban J connectivity index is 0.000000676. The van der Waals surface area contributed by atoms with Crippen LogP contribution >= 0.6 is 0 Å². The number of nitrogens with one attached hydrogen (secondary N) is 2. The third-order valence-corrected chi connectivity index (χ3v) is 6.08. The fraction of sp³-hybridized carbons (Fsp3) is 0.161. The van der Waals surface area contributed by atoms with Gasteiger partial charge in [-0.3, -0.25) is 15.0 Å². The highest BCUT2D eigenvalue weighted by molar-refractivity contribution is 5.94. The fourth-order valence-electron chi connectivity index (χ4n) is 3.89. The van der Waals surface area contributed by atoms with E-state index >= 15 is 0 Å². The van der Waals surface area contributed by atoms with Crippen molar-refractivity contribution in [3.05, 3.63) is 120 Å². The van der Waals surface area contributed by atoms with Gasteiger partial charge < -0.3 is 24.8 Å². The second-order valence-corrected chi connectivity index (χ2v) is 9.18. The monoisotopic (exact) mass is 613 g/mol. The number of hydrogen-bond acceptors (Lipinski definition) is 5. The number of halogens is 4. The first kappa shape index (κ1) is 33.0. The minimum atomic E-state index is -5.08. The van der Waals surface area contributed by atoms with Gasteiger partial charge in [-0.2, -0.15) is 13.2 Å². The zero-order valence-corrected chi connectivity index (χ0v) is 22.9. The van der Waals surface area contributed by atoms with Crippen LogP contribution in [0, 0.1) is 11.2 Å². The lowest BCUT2D eigenvalue weighted by Gasteiger charge is -2.18. The highest BCUT2D eigenvalue weighted by Gasteiger charge is 2.38. The Morgan fingerprint density at radius 1 is 0.886 bits per heavy atom. The second kappa shape index (κ2) is 15.1. The van der Waals surface area contributed by atoms with Crippen LogP contribution in [0.2, 0.25) is 0 Å². The molecule has 0 saturated heterocycles. The molecule has 1 atom stereocenters. The molecule has 230 valence electrons. The number of benzene rings is 3. The number of alkyl halides is 3. The molecule has 4 aromatic rings. The molecule has 1 amide bonds. The second-order valence-electron chi connectivity index (χ2n) is 9.18. The van der Waals surface area contributed by atoms with Gasteiger partial charge >= 0.3 is 18.1 Å². The summed E-state index contributed by atoms with van der Waals surface area (Å²) in [5.41, 5.74) is 2.44. The number of hydrogen-bond donors (Lipinski definition) is 4. The van der Waals surface area contributed by atoms with Crippen molar-refractivity contribution in [2.75, 3.05) is 6.61 Å². The van der Waals surface area contributed by atoms with E-state index in [9.17, 15) is 32.3 Å². The lowest BCUT2D eigenvalue weighted by Crippen LogP contribution is -2.30. The Morgan fingerprint density at radius 3 is 2.07 bits per heavy atom. The highest BCUT2D eigenvalue weighted by atomic mass is 19.4. The van der Waals surface area contributed by atoms with Crippen molar-refractivity contribution in [2.24, 2.45) is 0 Å². The molecule has 0 aliphatic heterocycles. The average molecular weight is 614 g/mol. The molecule has 0 fully saturated rings. The van der Waals surface area contributed by atoms with Gasteiger partial charge in [0.1, 0.15) is 23.7 Å². The van der Waals surface area contributed by atoms with E-state index in [1.54, 1.807) is 89.6 Å². The third kappa shape index (κ3) is 9.82. The van der Waals surface area contributed by atoms with Crippen LogP contribution < -0.4 is 15.5 Å². The van der Waals surface area contributed by atoms with E-state index in [2.05, 4.69) is 5.32 Å². The fourth-order valence-corrected chi connectivity index (χ4v) is 3.89. The number of amides is 1. The molecule has 1 heterocycles. The molecule has 0 saturated carbocycles. The Kier molecular flexibility index (Phi) is 11.4. The van der Waals surface area contributed by atoms with Crippen LogP contribution in [0.15, 0.2) is 97.2 Å². The van der Waals surface area contributed by atoms with Crippen molar-refractivity contribution in [1.82, 2.24) is 9.88 Å². The highest BCUT2D eigenvalue weighted by Crippen LogP contribution is 2.26. The number of ether oxygens (including phenoxy) is 1. The summed E-state index contributed by atoms with van der Waals surface area (Å²) in [6.07, 6.45) is -3.58. The third-order valence-electron chi connectivity index (χ3n) is 6.08. The predicted octanol–water partition coefficient (Wildman–Crippen LogP) is 5.43. The van der Waals surface area contributed by atoms with Crippen molar-refractivity contribution in [3.8, 4) is 16.9 Å². The molecule has 4 rings (SSSR count). The van der Waals surface area contributed by atoms with Gasteiger partial charge in [-0.1, -0.05) is 48.5 Å². The molecule has 9 nitrogen and oxygen atoms in total. The Morgan fingerprint density at radius 2 is 1.50 bits per heavy atom. The molecule has 0 aliphatic rings. The maximum absolute atomic E-state index is 14.1. The number of carbonyl (C=O) groups excluding carboxylic acids is 1. The van der Waals surface area contributed by atoms with Gasteiger partial charge in [-0.25, -0.2) is 9.18 Å². The number of carboxylic acids is 2. The van der Waals surface area contributed by atoms with Gasteiger partial charge in [0, 0.05) is 17.3 Å². The predicted molar refractivity (Wildman–Crippen MR) is 150 cm³/mol. The maximum Gasteiger partial charge on any atom is 0.490 e. The van der Waals surface area contributed by atoms with Crippen molar-refractivity contribution < 1.29 is 46.9 Å². The summed E-state index contributed by atoms with van der Waals surface area (Å²) in [7, 11) is 0. The summed E-state index contributed by atoms with van der Waals surface area (Å²) in [5, 5.41) is 27.2. The summed E-state index contributed by atoms with van der Waals surface area (Å²) >= 11 is 0. The van der Waals surface area contributed by atoms with E-state index in [4.69, 9.17) is 20.0 Å². The van der Waals surface area contributed by atoms with Crippen molar-refractivity contribution in [3.63, 3.8) is 0 Å². The van der Waals surface area contributed by atoms with E-state index in [0.717, 1.165) is 0 Å². The molecular weight excluding hydrogens is 586 g/mol. The average Bonchev–Trinajstić information content (AvgIpc) is 2.98. The smallest absolute Gasteiger partial charge is 0.490 e. The number of aromatic nitrogens is 1. The first-order chi connectivity index (χ1) is 20.8. The molecule has 0 radical (unpaired) electrons. The molecule has 1 aromatic heterocycles. The summed E-state index contributed by atoms with van der Waals surface area (Å²) in [5.74, 6) is -4.01. The van der Waals surface area contributed by atoms with Crippen LogP contribution in [0.1, 0.15) is 28.4 Å². The SMILES string of the molecule is N=c1ccccn1CCOc1ccc(C(=O)NC(CC(=O)O)c2ccc(-c3ccccc3F)cc2)cc1.O=C(O)C(F)(F)F. The van der Waals surface area contributed by atoms with Crippen LogP contribution in [0.4, 0.5) is 17.6 Å². The van der Waals surface area contributed by atoms with Crippen LogP contribution in [0.5, 0.6) is 5.75 Å². The van der Waals surface area contributed by atoms with Crippen LogP contribution in [-0.4, -0.2) is 45.4 Å². The minimum absolute atomic E-state index is 0.304. The van der Waals surface area contributed by atoms with E-state index in [1.165, 1.54) is 6.07 Å². The van der Waals surface area contributed by atoms with Crippen molar-refractivity contribution in [2.45, 2.75) is 25.2 Å². The minimum Gasteiger partial charge on any atom is -0.492 e. The Hall–Kier alpha value is -5.46. The zero-order chi connectivity index (χ0) is 32.3. The maximum atomic E-state index is 14.1. The summed E-state index contributed by atoms with van der Waals surface area (Å²) in [4.78, 5) is 33.2. The normalized spacial score (nSPS) is 11.5. The zero-order valence-electron chi connectivity index (χ0n) is 22.9. The molecule has 0 spiro atoms. The number of aliphatic carboxylic acids is 2. The molecule has 0 aliphatic carbocycles. The first-order valence-corrected chi connectivity index (χ1v) is 13.0. The Labute approximate surface area is 248 Å². The standard InChI is InChI=1S/C29H26FN3O4.C2HF3O2/c30-25-6-2-1-5-24(25)20-8-10-21(11-9-20)26(19-28(34)35)32-29(36)22-12-14-23(15-13-22)37-18-17-33-16-4-3-7-27(33)31;3-2(4,5)1(6)7/h1-16,26,31H,17-19H2,(H,32,36)(H,34,35);(H,6,7). The number of nitrogens with zero attached hydrogens (tertiary/aromatic N) is 1. The van der Waals surface area contributed by atoms with Gasteiger partial charge in [0.2, 0.25) is 0 Å². The number of pyridine rings is 1. The Bertz CT molecular complexity index is 1640.